The molecule has 0 amide bonds. The summed E-state index contributed by atoms with van der Waals surface area (Å²) in [5.41, 5.74) is 0.995. The van der Waals surface area contributed by atoms with E-state index < -0.39 is 0 Å². The topological polar surface area (TPSA) is 72.1 Å². The van der Waals surface area contributed by atoms with Crippen molar-refractivity contribution in [2.75, 3.05) is 19.5 Å². The molecule has 6 heteroatoms. The molecule has 0 unspecified atom stereocenters. The van der Waals surface area contributed by atoms with E-state index in [0.29, 0.717) is 18.0 Å². The van der Waals surface area contributed by atoms with E-state index in [1.54, 1.807) is 26.6 Å². The number of H-pyrrole nitrogens is 1. The first kappa shape index (κ1) is 13.2. The van der Waals surface area contributed by atoms with E-state index in [2.05, 4.69) is 20.5 Å². The highest BCUT2D eigenvalue weighted by Crippen LogP contribution is 2.34. The van der Waals surface area contributed by atoms with Crippen LogP contribution < -0.4 is 14.8 Å². The van der Waals surface area contributed by atoms with Crippen molar-refractivity contribution in [1.29, 1.82) is 0 Å². The van der Waals surface area contributed by atoms with Crippen LogP contribution in [0.3, 0.4) is 0 Å². The summed E-state index contributed by atoms with van der Waals surface area (Å²) in [4.78, 5) is 4.40. The van der Waals surface area contributed by atoms with Gasteiger partial charge in [0, 0.05) is 17.8 Å². The van der Waals surface area contributed by atoms with E-state index in [4.69, 9.17) is 9.47 Å². The molecule has 0 aliphatic carbocycles. The minimum atomic E-state index is 0.625. The molecular weight excluding hydrogens is 268 g/mol. The fourth-order valence-corrected chi connectivity index (χ4v) is 2.20. The normalized spacial score (nSPS) is 10.6. The van der Waals surface area contributed by atoms with Gasteiger partial charge in [-0.05, 0) is 29.7 Å². The number of aromatic amines is 1. The summed E-state index contributed by atoms with van der Waals surface area (Å²) in [6.45, 7) is 0.625. The summed E-state index contributed by atoms with van der Waals surface area (Å²) >= 11 is 0. The molecule has 3 rings (SSSR count). The number of hydrogen-bond donors (Lipinski definition) is 2. The number of nitrogens with zero attached hydrogens (tertiary/aromatic N) is 2. The Balaban J connectivity index is 1.98. The van der Waals surface area contributed by atoms with Gasteiger partial charge in [0.25, 0.3) is 0 Å². The van der Waals surface area contributed by atoms with Gasteiger partial charge in [0.1, 0.15) is 5.82 Å². The minimum Gasteiger partial charge on any atom is -0.493 e. The van der Waals surface area contributed by atoms with E-state index in [9.17, 15) is 0 Å². The zero-order valence-corrected chi connectivity index (χ0v) is 11.9. The van der Waals surface area contributed by atoms with E-state index in [0.717, 1.165) is 22.3 Å². The number of benzene rings is 1. The summed E-state index contributed by atoms with van der Waals surface area (Å²) in [7, 11) is 3.25. The van der Waals surface area contributed by atoms with Crippen LogP contribution in [0, 0.1) is 0 Å². The second kappa shape index (κ2) is 5.70. The summed E-state index contributed by atoms with van der Waals surface area (Å²) in [6.07, 6.45) is 3.49. The molecule has 2 N–H and O–H groups in total. The predicted molar refractivity (Wildman–Crippen MR) is 80.8 cm³/mol. The molecule has 0 saturated carbocycles. The van der Waals surface area contributed by atoms with Crippen LogP contribution in [0.2, 0.25) is 0 Å². The lowest BCUT2D eigenvalue weighted by molar-refractivity contribution is 0.356. The second-order valence-corrected chi connectivity index (χ2v) is 4.52. The minimum absolute atomic E-state index is 0.625. The second-order valence-electron chi connectivity index (χ2n) is 4.52. The summed E-state index contributed by atoms with van der Waals surface area (Å²) in [5, 5.41) is 12.2. The first-order valence-electron chi connectivity index (χ1n) is 6.54. The van der Waals surface area contributed by atoms with Gasteiger partial charge >= 0.3 is 0 Å². The first-order chi connectivity index (χ1) is 10.3. The Bertz CT molecular complexity index is 741. The lowest BCUT2D eigenvalue weighted by Gasteiger charge is -2.12. The Morgan fingerprint density at radius 1 is 1.10 bits per heavy atom. The lowest BCUT2D eigenvalue weighted by Crippen LogP contribution is -2.02. The Hall–Kier alpha value is -2.76. The Kier molecular flexibility index (Phi) is 3.59. The average Bonchev–Trinajstić information content (AvgIpc) is 3.04. The van der Waals surface area contributed by atoms with Crippen LogP contribution in [0.15, 0.2) is 36.7 Å². The van der Waals surface area contributed by atoms with Gasteiger partial charge in [-0.1, -0.05) is 0 Å². The van der Waals surface area contributed by atoms with Gasteiger partial charge in [-0.25, -0.2) is 4.98 Å². The number of nitrogens with one attached hydrogen (secondary N) is 2. The average molecular weight is 284 g/mol. The van der Waals surface area contributed by atoms with Crippen molar-refractivity contribution >= 4 is 16.6 Å². The predicted octanol–water partition coefficient (Wildman–Crippen LogP) is 2.59. The molecule has 3 aromatic rings. The first-order valence-corrected chi connectivity index (χ1v) is 6.54. The van der Waals surface area contributed by atoms with Gasteiger partial charge in [-0.2, -0.15) is 5.10 Å². The molecule has 0 fully saturated rings. The van der Waals surface area contributed by atoms with E-state index >= 15 is 0 Å². The highest BCUT2D eigenvalue weighted by atomic mass is 16.5. The van der Waals surface area contributed by atoms with Crippen molar-refractivity contribution in [2.24, 2.45) is 0 Å². The van der Waals surface area contributed by atoms with Crippen LogP contribution in [-0.2, 0) is 6.54 Å². The summed E-state index contributed by atoms with van der Waals surface area (Å²) < 4.78 is 10.7. The van der Waals surface area contributed by atoms with Crippen molar-refractivity contribution in [1.82, 2.24) is 15.2 Å². The molecule has 0 aliphatic heterocycles. The lowest BCUT2D eigenvalue weighted by atomic mass is 10.1. The molecule has 0 radical (unpaired) electrons. The molecule has 2 heterocycles. The maximum absolute atomic E-state index is 5.35. The Morgan fingerprint density at radius 2 is 1.90 bits per heavy atom. The molecular formula is C15H16N4O2. The van der Waals surface area contributed by atoms with E-state index in [1.165, 1.54) is 0 Å². The zero-order chi connectivity index (χ0) is 14.7. The van der Waals surface area contributed by atoms with Gasteiger partial charge in [-0.15, -0.1) is 0 Å². The molecule has 2 aromatic heterocycles. The maximum Gasteiger partial charge on any atom is 0.161 e. The van der Waals surface area contributed by atoms with Crippen LogP contribution >= 0.6 is 0 Å². The molecule has 0 spiro atoms. The highest BCUT2D eigenvalue weighted by molar-refractivity contribution is 5.94. The van der Waals surface area contributed by atoms with Gasteiger partial charge in [0.2, 0.25) is 0 Å². The number of pyridine rings is 1. The quantitative estimate of drug-likeness (QED) is 0.753. The third kappa shape index (κ3) is 2.60. The van der Waals surface area contributed by atoms with Crippen LogP contribution in [0.5, 0.6) is 11.5 Å². The molecule has 0 saturated heterocycles. The van der Waals surface area contributed by atoms with Gasteiger partial charge in [0.15, 0.2) is 11.5 Å². The fourth-order valence-electron chi connectivity index (χ4n) is 2.20. The van der Waals surface area contributed by atoms with Gasteiger partial charge in [-0.3, -0.25) is 5.10 Å². The number of hydrogen-bond acceptors (Lipinski definition) is 5. The Labute approximate surface area is 122 Å². The van der Waals surface area contributed by atoms with Crippen molar-refractivity contribution < 1.29 is 9.47 Å². The molecule has 0 bridgehead atoms. The third-order valence-corrected chi connectivity index (χ3v) is 3.27. The standard InChI is InChI=1S/C15H16N4O2/c1-20-13-7-10-3-5-16-15(12(10)8-14(13)21-2)17-9-11-4-6-18-19-11/h3-8H,9H2,1-2H3,(H,16,17)(H,18,19). The molecule has 6 nitrogen and oxygen atoms in total. The van der Waals surface area contributed by atoms with Crippen molar-refractivity contribution in [3.05, 3.63) is 42.4 Å². The monoisotopic (exact) mass is 284 g/mol. The van der Waals surface area contributed by atoms with E-state index in [1.807, 2.05) is 24.3 Å². The number of rotatable bonds is 5. The van der Waals surface area contributed by atoms with Crippen LogP contribution in [0.25, 0.3) is 10.8 Å². The number of aromatic nitrogens is 3. The summed E-state index contributed by atoms with van der Waals surface area (Å²) in [5.74, 6) is 2.18. The number of methoxy groups -OCH3 is 2. The van der Waals surface area contributed by atoms with Crippen molar-refractivity contribution in [3.8, 4) is 11.5 Å². The zero-order valence-electron chi connectivity index (χ0n) is 11.9. The molecule has 108 valence electrons. The number of fused-ring (bicyclic) bond motifs is 1. The maximum atomic E-state index is 5.35. The SMILES string of the molecule is COc1cc2ccnc(NCc3ccn[nH]3)c2cc1OC. The van der Waals surface area contributed by atoms with Crippen LogP contribution in [0.4, 0.5) is 5.82 Å². The van der Waals surface area contributed by atoms with Crippen molar-refractivity contribution in [2.45, 2.75) is 6.54 Å². The van der Waals surface area contributed by atoms with Crippen LogP contribution in [-0.4, -0.2) is 29.4 Å². The molecule has 1 aromatic carbocycles. The van der Waals surface area contributed by atoms with E-state index in [-0.39, 0.29) is 0 Å². The smallest absolute Gasteiger partial charge is 0.161 e. The fraction of sp³-hybridized carbons (Fsp3) is 0.200. The molecule has 0 atom stereocenters. The van der Waals surface area contributed by atoms with Crippen LogP contribution in [0.1, 0.15) is 5.69 Å². The molecule has 21 heavy (non-hydrogen) atoms. The number of ether oxygens (including phenoxy) is 2. The van der Waals surface area contributed by atoms with Gasteiger partial charge in [0.05, 0.1) is 26.5 Å². The largest absolute Gasteiger partial charge is 0.493 e. The Morgan fingerprint density at radius 3 is 2.62 bits per heavy atom. The molecule has 0 aliphatic rings. The number of anilines is 1. The third-order valence-electron chi connectivity index (χ3n) is 3.27. The summed E-state index contributed by atoms with van der Waals surface area (Å²) in [6, 6.07) is 7.73. The highest BCUT2D eigenvalue weighted by Gasteiger charge is 2.09. The van der Waals surface area contributed by atoms with Crippen molar-refractivity contribution in [3.63, 3.8) is 0 Å². The van der Waals surface area contributed by atoms with Gasteiger partial charge < -0.3 is 14.8 Å².